The third-order valence-corrected chi connectivity index (χ3v) is 9.21. The van der Waals surface area contributed by atoms with Crippen molar-refractivity contribution in [2.24, 2.45) is 22.7 Å². The molecule has 0 amide bonds. The Morgan fingerprint density at radius 1 is 1.19 bits per heavy atom. The van der Waals surface area contributed by atoms with E-state index in [4.69, 9.17) is 0 Å². The molecule has 4 aliphatic rings. The molecule has 2 nitrogen and oxygen atoms in total. The smallest absolute Gasteiger partial charge is 0.155 e. The second-order valence-corrected chi connectivity index (χ2v) is 10.5. The second-order valence-electron chi connectivity index (χ2n) is 8.80. The van der Waals surface area contributed by atoms with E-state index >= 15 is 0 Å². The number of thioether (sulfide) groups is 1. The van der Waals surface area contributed by atoms with Crippen LogP contribution in [0.3, 0.4) is 0 Å². The van der Waals surface area contributed by atoms with Crippen LogP contribution < -0.4 is 0 Å². The summed E-state index contributed by atoms with van der Waals surface area (Å²) in [5.74, 6) is 5.03. The Labute approximate surface area is 167 Å². The molecule has 4 heteroatoms. The summed E-state index contributed by atoms with van der Waals surface area (Å²) in [7, 11) is 0. The van der Waals surface area contributed by atoms with Gasteiger partial charge in [0.2, 0.25) is 0 Å². The van der Waals surface area contributed by atoms with Crippen LogP contribution in [-0.2, 0) is 9.59 Å². The lowest BCUT2D eigenvalue weighted by atomic mass is 9.50. The van der Waals surface area contributed by atoms with E-state index in [-0.39, 0.29) is 10.8 Å². The van der Waals surface area contributed by atoms with Gasteiger partial charge in [-0.3, -0.25) is 9.59 Å². The van der Waals surface area contributed by atoms with Gasteiger partial charge < -0.3 is 0 Å². The summed E-state index contributed by atoms with van der Waals surface area (Å²) in [4.78, 5) is 24.7. The highest BCUT2D eigenvalue weighted by molar-refractivity contribution is 7.99. The first-order chi connectivity index (χ1) is 12.5. The number of rotatable bonds is 5. The highest BCUT2D eigenvalue weighted by Gasteiger charge is 2.56. The molecule has 0 N–H and O–H groups in total. The molecule has 0 aromatic heterocycles. The minimum atomic E-state index is -0.123. The lowest BCUT2D eigenvalue weighted by Gasteiger charge is -2.53. The molecular weight excluding hydrogens is 360 g/mol. The van der Waals surface area contributed by atoms with Gasteiger partial charge in [0, 0.05) is 29.4 Å². The molecule has 142 valence electrons. The first kappa shape index (κ1) is 18.9. The second kappa shape index (κ2) is 7.16. The number of thiol groups is 1. The van der Waals surface area contributed by atoms with Crippen LogP contribution in [0, 0.1) is 22.7 Å². The van der Waals surface area contributed by atoms with Gasteiger partial charge in [-0.25, -0.2) is 0 Å². The maximum atomic E-state index is 12.6. The minimum Gasteiger partial charge on any atom is -0.299 e. The van der Waals surface area contributed by atoms with Gasteiger partial charge in [0.15, 0.2) is 5.78 Å². The largest absolute Gasteiger partial charge is 0.299 e. The number of fused-ring (bicyclic) bond motifs is 5. The number of carbonyl (C=O) groups excluding carboxylic acids is 2. The van der Waals surface area contributed by atoms with Crippen LogP contribution in [0.4, 0.5) is 0 Å². The van der Waals surface area contributed by atoms with Crippen LogP contribution in [0.2, 0.25) is 0 Å². The number of hydrogen-bond donors (Lipinski definition) is 1. The topological polar surface area (TPSA) is 34.1 Å². The molecule has 2 saturated carbocycles. The molecule has 0 bridgehead atoms. The average molecular weight is 391 g/mol. The van der Waals surface area contributed by atoms with Crippen molar-refractivity contribution in [2.75, 3.05) is 17.3 Å². The van der Waals surface area contributed by atoms with E-state index in [1.165, 1.54) is 5.57 Å². The fourth-order valence-electron chi connectivity index (χ4n) is 6.30. The van der Waals surface area contributed by atoms with E-state index in [1.807, 2.05) is 17.8 Å². The van der Waals surface area contributed by atoms with Crippen molar-refractivity contribution in [1.29, 1.82) is 0 Å². The predicted octanol–water partition coefficient (Wildman–Crippen LogP) is 5.04. The Bertz CT molecular complexity index is 680. The van der Waals surface area contributed by atoms with E-state index in [0.717, 1.165) is 62.2 Å². The van der Waals surface area contributed by atoms with Crippen LogP contribution in [0.5, 0.6) is 0 Å². The summed E-state index contributed by atoms with van der Waals surface area (Å²) in [6, 6.07) is 0. The Morgan fingerprint density at radius 2 is 2.04 bits per heavy atom. The zero-order valence-electron chi connectivity index (χ0n) is 15.8. The maximum Gasteiger partial charge on any atom is 0.155 e. The number of hydrogen-bond acceptors (Lipinski definition) is 4. The van der Waals surface area contributed by atoms with Crippen LogP contribution in [0.25, 0.3) is 0 Å². The SMILES string of the molecule is C[C@]12CC=C3C(CCC4=CC(=O)CC[C@@]43CCSCCS)C1CCC2=O. The summed E-state index contributed by atoms with van der Waals surface area (Å²) < 4.78 is 0. The maximum absolute atomic E-state index is 12.6. The van der Waals surface area contributed by atoms with Gasteiger partial charge in [0.05, 0.1) is 0 Å². The van der Waals surface area contributed by atoms with Crippen LogP contribution >= 0.6 is 24.4 Å². The van der Waals surface area contributed by atoms with E-state index in [9.17, 15) is 9.59 Å². The van der Waals surface area contributed by atoms with Crippen LogP contribution in [0.1, 0.15) is 58.3 Å². The van der Waals surface area contributed by atoms with Gasteiger partial charge in [-0.1, -0.05) is 24.1 Å². The molecular formula is C22H30O2S2. The third kappa shape index (κ3) is 2.87. The first-order valence-electron chi connectivity index (χ1n) is 10.2. The minimum absolute atomic E-state index is 0.105. The molecule has 0 radical (unpaired) electrons. The average Bonchev–Trinajstić information content (AvgIpc) is 2.94. The summed E-state index contributed by atoms with van der Waals surface area (Å²) in [6.07, 6.45) is 12.2. The van der Waals surface area contributed by atoms with Crippen molar-refractivity contribution in [3.8, 4) is 0 Å². The van der Waals surface area contributed by atoms with Crippen molar-refractivity contribution in [3.05, 3.63) is 23.3 Å². The van der Waals surface area contributed by atoms with Gasteiger partial charge >= 0.3 is 0 Å². The third-order valence-electron chi connectivity index (χ3n) is 7.70. The first-order valence-corrected chi connectivity index (χ1v) is 12.0. The number of ketones is 2. The van der Waals surface area contributed by atoms with Gasteiger partial charge in [0.25, 0.3) is 0 Å². The fourth-order valence-corrected chi connectivity index (χ4v) is 7.52. The van der Waals surface area contributed by atoms with Crippen molar-refractivity contribution in [2.45, 2.75) is 58.3 Å². The Kier molecular flexibility index (Phi) is 5.20. The molecule has 4 rings (SSSR count). The Morgan fingerprint density at radius 3 is 2.85 bits per heavy atom. The molecule has 0 saturated heterocycles. The lowest BCUT2D eigenvalue weighted by Crippen LogP contribution is -2.46. The molecule has 0 aromatic rings. The molecule has 26 heavy (non-hydrogen) atoms. The normalized spacial score (nSPS) is 39.0. The Balaban J connectivity index is 1.69. The standard InChI is InChI=1S/C22H30O2S2/c1-21-8-7-19-17(18(21)4-5-20(21)24)3-2-15-14-16(23)6-9-22(15,19)10-12-26-13-11-25/h7,14,17-18,25H,2-6,8-13H2,1H3/t17?,18?,21-,22+/m0/s1. The van der Waals surface area contributed by atoms with Crippen LogP contribution in [0.15, 0.2) is 23.3 Å². The van der Waals surface area contributed by atoms with Crippen molar-refractivity contribution in [1.82, 2.24) is 0 Å². The quantitative estimate of drug-likeness (QED) is 0.406. The summed E-state index contributed by atoms with van der Waals surface area (Å²) in [5, 5.41) is 0. The predicted molar refractivity (Wildman–Crippen MR) is 112 cm³/mol. The zero-order valence-corrected chi connectivity index (χ0v) is 17.5. The summed E-state index contributed by atoms with van der Waals surface area (Å²) in [5.41, 5.74) is 2.98. The number of Topliss-reactive ketones (excluding diaryl/α,β-unsaturated/α-hetero) is 1. The molecule has 0 heterocycles. The molecule has 4 atom stereocenters. The van der Waals surface area contributed by atoms with Crippen molar-refractivity contribution in [3.63, 3.8) is 0 Å². The highest BCUT2D eigenvalue weighted by Crippen LogP contribution is 2.63. The Hall–Kier alpha value is -0.480. The zero-order chi connectivity index (χ0) is 18.4. The van der Waals surface area contributed by atoms with Crippen molar-refractivity contribution >= 4 is 36.0 Å². The molecule has 0 aliphatic heterocycles. The highest BCUT2D eigenvalue weighted by atomic mass is 32.2. The van der Waals surface area contributed by atoms with E-state index in [2.05, 4.69) is 25.6 Å². The number of carbonyl (C=O) groups is 2. The summed E-state index contributed by atoms with van der Waals surface area (Å²) in [6.45, 7) is 2.21. The van der Waals surface area contributed by atoms with E-state index in [1.54, 1.807) is 5.57 Å². The van der Waals surface area contributed by atoms with E-state index in [0.29, 0.717) is 29.8 Å². The van der Waals surface area contributed by atoms with Gasteiger partial charge in [-0.2, -0.15) is 24.4 Å². The van der Waals surface area contributed by atoms with E-state index < -0.39 is 0 Å². The van der Waals surface area contributed by atoms with Gasteiger partial charge in [-0.15, -0.1) is 0 Å². The lowest BCUT2D eigenvalue weighted by molar-refractivity contribution is -0.127. The molecule has 4 aliphatic carbocycles. The number of allylic oxidation sites excluding steroid dienone is 4. The van der Waals surface area contributed by atoms with Gasteiger partial charge in [0.1, 0.15) is 5.78 Å². The van der Waals surface area contributed by atoms with Crippen molar-refractivity contribution < 1.29 is 9.59 Å². The molecule has 2 unspecified atom stereocenters. The molecule has 2 fully saturated rings. The summed E-state index contributed by atoms with van der Waals surface area (Å²) >= 11 is 6.32. The van der Waals surface area contributed by atoms with Crippen LogP contribution in [-0.4, -0.2) is 28.8 Å². The fraction of sp³-hybridized carbons (Fsp3) is 0.727. The van der Waals surface area contributed by atoms with Gasteiger partial charge in [-0.05, 0) is 67.9 Å². The molecule has 0 aromatic carbocycles. The molecule has 0 spiro atoms. The monoisotopic (exact) mass is 390 g/mol.